The number of carbonyl (C=O) groups is 1. The third kappa shape index (κ3) is 5.51. The molecule has 1 atom stereocenters. The van der Waals surface area contributed by atoms with Gasteiger partial charge in [-0.25, -0.2) is 0 Å². The zero-order chi connectivity index (χ0) is 14.6. The van der Waals surface area contributed by atoms with E-state index in [1.54, 1.807) is 18.2 Å². The highest BCUT2D eigenvalue weighted by atomic mass is 79.9. The van der Waals surface area contributed by atoms with Crippen molar-refractivity contribution in [3.05, 3.63) is 27.7 Å². The largest absolute Gasteiger partial charge is 0.330 e. The van der Waals surface area contributed by atoms with E-state index in [2.05, 4.69) is 42.0 Å². The Balaban J connectivity index is 2.77. The number of nitrogens with one attached hydrogen (secondary N) is 1. The SMILES string of the molecule is CC(C)(C)CC(CN)C(=O)Nc1ccc(Cl)cc1Br. The second kappa shape index (κ2) is 6.73. The Bertz CT molecular complexity index is 457. The molecule has 0 heterocycles. The van der Waals surface area contributed by atoms with Gasteiger partial charge >= 0.3 is 0 Å². The lowest BCUT2D eigenvalue weighted by Crippen LogP contribution is -2.32. The van der Waals surface area contributed by atoms with Crippen molar-refractivity contribution in [1.29, 1.82) is 0 Å². The zero-order valence-corrected chi connectivity index (χ0v) is 13.8. The van der Waals surface area contributed by atoms with Gasteiger partial charge in [-0.15, -0.1) is 0 Å². The van der Waals surface area contributed by atoms with Gasteiger partial charge in [-0.2, -0.15) is 0 Å². The van der Waals surface area contributed by atoms with Crippen molar-refractivity contribution in [3.8, 4) is 0 Å². The molecule has 3 nitrogen and oxygen atoms in total. The van der Waals surface area contributed by atoms with Crippen molar-refractivity contribution in [2.24, 2.45) is 17.1 Å². The number of benzene rings is 1. The number of nitrogens with two attached hydrogens (primary N) is 1. The van der Waals surface area contributed by atoms with Crippen LogP contribution in [0.4, 0.5) is 5.69 Å². The molecule has 0 radical (unpaired) electrons. The van der Waals surface area contributed by atoms with E-state index in [9.17, 15) is 4.79 Å². The molecular weight excluding hydrogens is 328 g/mol. The van der Waals surface area contributed by atoms with Gasteiger partial charge in [0.15, 0.2) is 0 Å². The fourth-order valence-corrected chi connectivity index (χ4v) is 2.63. The van der Waals surface area contributed by atoms with Crippen LogP contribution >= 0.6 is 27.5 Å². The molecule has 0 saturated heterocycles. The maximum atomic E-state index is 12.2. The number of carbonyl (C=O) groups excluding carboxylic acids is 1. The monoisotopic (exact) mass is 346 g/mol. The summed E-state index contributed by atoms with van der Waals surface area (Å²) in [6, 6.07) is 5.26. The molecule has 19 heavy (non-hydrogen) atoms. The van der Waals surface area contributed by atoms with E-state index in [0.29, 0.717) is 17.3 Å². The highest BCUT2D eigenvalue weighted by molar-refractivity contribution is 9.10. The lowest BCUT2D eigenvalue weighted by atomic mass is 9.84. The predicted molar refractivity (Wildman–Crippen MR) is 84.4 cm³/mol. The number of hydrogen-bond donors (Lipinski definition) is 2. The highest BCUT2D eigenvalue weighted by Crippen LogP contribution is 2.28. The summed E-state index contributed by atoms with van der Waals surface area (Å²) in [6.45, 7) is 6.64. The molecule has 0 bridgehead atoms. The maximum absolute atomic E-state index is 12.2. The summed E-state index contributed by atoms with van der Waals surface area (Å²) in [6.07, 6.45) is 0.751. The van der Waals surface area contributed by atoms with Crippen molar-refractivity contribution < 1.29 is 4.79 Å². The quantitative estimate of drug-likeness (QED) is 0.863. The third-order valence-electron chi connectivity index (χ3n) is 2.70. The van der Waals surface area contributed by atoms with Crippen molar-refractivity contribution >= 4 is 39.1 Å². The van der Waals surface area contributed by atoms with Crippen LogP contribution in [0.2, 0.25) is 5.02 Å². The van der Waals surface area contributed by atoms with Crippen LogP contribution in [0.15, 0.2) is 22.7 Å². The smallest absolute Gasteiger partial charge is 0.228 e. The second-order valence-corrected chi connectivity index (χ2v) is 7.10. The molecular formula is C14H20BrClN2O. The van der Waals surface area contributed by atoms with Crippen LogP contribution in [0.25, 0.3) is 0 Å². The average Bonchev–Trinajstić information content (AvgIpc) is 2.28. The molecule has 0 fully saturated rings. The van der Waals surface area contributed by atoms with Crippen LogP contribution in [0.5, 0.6) is 0 Å². The minimum absolute atomic E-state index is 0.0551. The fourth-order valence-electron chi connectivity index (χ4n) is 1.85. The number of rotatable bonds is 4. The molecule has 3 N–H and O–H groups in total. The summed E-state index contributed by atoms with van der Waals surface area (Å²) in [5.41, 5.74) is 6.48. The maximum Gasteiger partial charge on any atom is 0.228 e. The van der Waals surface area contributed by atoms with E-state index in [1.165, 1.54) is 0 Å². The Labute approximate surface area is 128 Å². The Morgan fingerprint density at radius 1 is 1.47 bits per heavy atom. The standard InChI is InChI=1S/C14H20BrClN2O/c1-14(2,3)7-9(8-17)13(19)18-12-5-4-10(16)6-11(12)15/h4-6,9H,7-8,17H2,1-3H3,(H,18,19). The molecule has 1 aromatic carbocycles. The summed E-state index contributed by atoms with van der Waals surface area (Å²) < 4.78 is 0.764. The molecule has 106 valence electrons. The van der Waals surface area contributed by atoms with Crippen molar-refractivity contribution in [1.82, 2.24) is 0 Å². The molecule has 0 aromatic heterocycles. The third-order valence-corrected chi connectivity index (χ3v) is 3.59. The van der Waals surface area contributed by atoms with Crippen molar-refractivity contribution in [2.45, 2.75) is 27.2 Å². The summed E-state index contributed by atoms with van der Waals surface area (Å²) in [5.74, 6) is -0.247. The highest BCUT2D eigenvalue weighted by Gasteiger charge is 2.24. The van der Waals surface area contributed by atoms with Crippen molar-refractivity contribution in [3.63, 3.8) is 0 Å². The van der Waals surface area contributed by atoms with Gasteiger partial charge in [-0.1, -0.05) is 32.4 Å². The van der Waals surface area contributed by atoms with Crippen LogP contribution in [0, 0.1) is 11.3 Å². The first-order chi connectivity index (χ1) is 8.73. The van der Waals surface area contributed by atoms with E-state index in [-0.39, 0.29) is 17.2 Å². The minimum Gasteiger partial charge on any atom is -0.330 e. The second-order valence-electron chi connectivity index (χ2n) is 5.81. The molecule has 1 amide bonds. The van der Waals surface area contributed by atoms with Crippen LogP contribution in [0.1, 0.15) is 27.2 Å². The number of anilines is 1. The topological polar surface area (TPSA) is 55.1 Å². The molecule has 0 aliphatic carbocycles. The van der Waals surface area contributed by atoms with Gasteiger partial charge in [0, 0.05) is 16.0 Å². The first kappa shape index (κ1) is 16.5. The van der Waals surface area contributed by atoms with E-state index in [1.807, 2.05) is 0 Å². The number of amides is 1. The van der Waals surface area contributed by atoms with Gasteiger partial charge in [-0.3, -0.25) is 4.79 Å². The molecule has 0 saturated carbocycles. The molecule has 0 aliphatic heterocycles. The van der Waals surface area contributed by atoms with Crippen LogP contribution < -0.4 is 11.1 Å². The molecule has 5 heteroatoms. The van der Waals surface area contributed by atoms with Gasteiger partial charge in [0.05, 0.1) is 11.6 Å². The molecule has 0 spiro atoms. The molecule has 1 rings (SSSR count). The first-order valence-electron chi connectivity index (χ1n) is 6.19. The molecule has 1 aromatic rings. The fraction of sp³-hybridized carbons (Fsp3) is 0.500. The van der Waals surface area contributed by atoms with Gasteiger partial charge in [0.2, 0.25) is 5.91 Å². The van der Waals surface area contributed by atoms with Crippen molar-refractivity contribution in [2.75, 3.05) is 11.9 Å². The Morgan fingerprint density at radius 2 is 2.11 bits per heavy atom. The lowest BCUT2D eigenvalue weighted by molar-refractivity contribution is -0.120. The van der Waals surface area contributed by atoms with Gasteiger partial charge in [-0.05, 0) is 46.0 Å². The summed E-state index contributed by atoms with van der Waals surface area (Å²) in [4.78, 5) is 12.2. The van der Waals surface area contributed by atoms with Gasteiger partial charge in [0.1, 0.15) is 0 Å². The Kier molecular flexibility index (Phi) is 5.83. The van der Waals surface area contributed by atoms with Gasteiger partial charge < -0.3 is 11.1 Å². The van der Waals surface area contributed by atoms with Crippen LogP contribution in [-0.2, 0) is 4.79 Å². The zero-order valence-electron chi connectivity index (χ0n) is 11.5. The van der Waals surface area contributed by atoms with Crippen LogP contribution in [-0.4, -0.2) is 12.5 Å². The van der Waals surface area contributed by atoms with E-state index < -0.39 is 0 Å². The van der Waals surface area contributed by atoms with E-state index >= 15 is 0 Å². The Morgan fingerprint density at radius 3 is 2.58 bits per heavy atom. The average molecular weight is 348 g/mol. The number of hydrogen-bond acceptors (Lipinski definition) is 2. The normalized spacial score (nSPS) is 13.2. The lowest BCUT2D eigenvalue weighted by Gasteiger charge is -2.24. The minimum atomic E-state index is -0.192. The molecule has 1 unspecified atom stereocenters. The van der Waals surface area contributed by atoms with Crippen LogP contribution in [0.3, 0.4) is 0 Å². The summed E-state index contributed by atoms with van der Waals surface area (Å²) >= 11 is 9.25. The Hall–Kier alpha value is -0.580. The first-order valence-corrected chi connectivity index (χ1v) is 7.36. The summed E-state index contributed by atoms with van der Waals surface area (Å²) in [7, 11) is 0. The number of halogens is 2. The molecule has 0 aliphatic rings. The van der Waals surface area contributed by atoms with E-state index in [4.69, 9.17) is 17.3 Å². The van der Waals surface area contributed by atoms with Gasteiger partial charge in [0.25, 0.3) is 0 Å². The predicted octanol–water partition coefficient (Wildman–Crippen LogP) is 4.05. The van der Waals surface area contributed by atoms with E-state index in [0.717, 1.165) is 10.9 Å². The summed E-state index contributed by atoms with van der Waals surface area (Å²) in [5, 5.41) is 3.51.